The second-order valence-electron chi connectivity index (χ2n) is 2.24. The van der Waals surface area contributed by atoms with Gasteiger partial charge in [0.05, 0.1) is 6.61 Å². The standard InChI is InChI=1S/C4H6O2.CHF3O3S.Na.H/c5-4-2-1-3-6-4;2-1(3,4)8(5,6)7;;/h1-3H2;(H,5,6,7);;/q;;+1;-1. The van der Waals surface area contributed by atoms with E-state index < -0.39 is 15.6 Å². The fourth-order valence-corrected chi connectivity index (χ4v) is 0.475. The summed E-state index contributed by atoms with van der Waals surface area (Å²) in [5.41, 5.74) is -5.53. The first-order valence-electron chi connectivity index (χ1n) is 3.34. The molecule has 1 N–H and O–H groups in total. The molecule has 1 aliphatic rings. The average molecular weight is 260 g/mol. The molecule has 0 aromatic rings. The predicted molar refractivity (Wildman–Crippen MR) is 38.9 cm³/mol. The molecule has 0 bridgehead atoms. The Morgan fingerprint density at radius 3 is 1.87 bits per heavy atom. The molecule has 86 valence electrons. The van der Waals surface area contributed by atoms with Crippen molar-refractivity contribution in [2.45, 2.75) is 18.3 Å². The van der Waals surface area contributed by atoms with Crippen LogP contribution in [0.15, 0.2) is 0 Å². The molecule has 0 amide bonds. The van der Waals surface area contributed by atoms with Gasteiger partial charge in [0, 0.05) is 6.42 Å². The third-order valence-electron chi connectivity index (χ3n) is 1.08. The number of alkyl halides is 3. The minimum Gasteiger partial charge on any atom is -1.00 e. The Bertz CT molecular complexity index is 296. The molecule has 0 atom stereocenters. The van der Waals surface area contributed by atoms with E-state index >= 15 is 0 Å². The Labute approximate surface area is 107 Å². The maximum atomic E-state index is 10.7. The number of carbonyl (C=O) groups excluding carboxylic acids is 1. The van der Waals surface area contributed by atoms with Crippen molar-refractivity contribution in [2.24, 2.45) is 0 Å². The number of halogens is 3. The number of esters is 1. The van der Waals surface area contributed by atoms with E-state index in [1.54, 1.807) is 0 Å². The Morgan fingerprint density at radius 2 is 1.80 bits per heavy atom. The minimum absolute atomic E-state index is 0. The Balaban J connectivity index is -0.000000192. The third kappa shape index (κ3) is 8.03. The van der Waals surface area contributed by atoms with Crippen molar-refractivity contribution in [1.82, 2.24) is 0 Å². The van der Waals surface area contributed by atoms with Crippen molar-refractivity contribution in [2.75, 3.05) is 6.61 Å². The first kappa shape index (κ1) is 17.6. The van der Waals surface area contributed by atoms with Crippen LogP contribution in [0.25, 0.3) is 0 Å². The summed E-state index contributed by atoms with van der Waals surface area (Å²) in [6, 6.07) is 0. The van der Waals surface area contributed by atoms with Gasteiger partial charge < -0.3 is 6.16 Å². The fraction of sp³-hybridized carbons (Fsp3) is 0.800. The van der Waals surface area contributed by atoms with Gasteiger partial charge >= 0.3 is 51.2 Å². The van der Waals surface area contributed by atoms with Gasteiger partial charge in [-0.3, -0.25) is 9.35 Å². The Kier molecular flexibility index (Phi) is 7.83. The van der Waals surface area contributed by atoms with Crippen molar-refractivity contribution in [3.05, 3.63) is 0 Å². The molecule has 0 aromatic heterocycles. The summed E-state index contributed by atoms with van der Waals surface area (Å²) in [6.07, 6.45) is 1.54. The molecular formula is C5H8F3NaO5S. The molecule has 0 unspecified atom stereocenters. The van der Waals surface area contributed by atoms with Crippen LogP contribution in [0, 0.1) is 0 Å². The average Bonchev–Trinajstić information content (AvgIpc) is 2.35. The largest absolute Gasteiger partial charge is 1.00 e. The zero-order chi connectivity index (χ0) is 11.4. The third-order valence-corrected chi connectivity index (χ3v) is 1.67. The van der Waals surface area contributed by atoms with E-state index in [0.717, 1.165) is 6.42 Å². The number of hydrogen-bond acceptors (Lipinski definition) is 4. The van der Waals surface area contributed by atoms with Gasteiger partial charge in [-0.05, 0) is 6.42 Å². The Hall–Kier alpha value is 0.170. The van der Waals surface area contributed by atoms with Crippen molar-refractivity contribution in [3.63, 3.8) is 0 Å². The molecule has 1 rings (SSSR count). The molecule has 0 radical (unpaired) electrons. The zero-order valence-electron chi connectivity index (χ0n) is 8.74. The Morgan fingerprint density at radius 1 is 1.40 bits per heavy atom. The van der Waals surface area contributed by atoms with Gasteiger partial charge in [0.2, 0.25) is 0 Å². The van der Waals surface area contributed by atoms with Crippen molar-refractivity contribution in [1.29, 1.82) is 0 Å². The molecule has 15 heavy (non-hydrogen) atoms. The van der Waals surface area contributed by atoms with Gasteiger partial charge in [-0.2, -0.15) is 21.6 Å². The monoisotopic (exact) mass is 260 g/mol. The van der Waals surface area contributed by atoms with Gasteiger partial charge in [-0.15, -0.1) is 0 Å². The summed E-state index contributed by atoms with van der Waals surface area (Å²) in [5, 5.41) is 0. The molecule has 0 aliphatic carbocycles. The van der Waals surface area contributed by atoms with E-state index in [4.69, 9.17) is 13.0 Å². The first-order valence-corrected chi connectivity index (χ1v) is 4.78. The molecule has 0 spiro atoms. The minimum atomic E-state index is -5.84. The number of ether oxygens (including phenoxy) is 1. The van der Waals surface area contributed by atoms with E-state index in [-0.39, 0.29) is 37.0 Å². The summed E-state index contributed by atoms with van der Waals surface area (Å²) < 4.78 is 62.1. The van der Waals surface area contributed by atoms with Gasteiger partial charge in [-0.25, -0.2) is 0 Å². The fourth-order valence-electron chi connectivity index (χ4n) is 0.475. The van der Waals surface area contributed by atoms with E-state index in [2.05, 4.69) is 4.74 Å². The van der Waals surface area contributed by atoms with Crippen LogP contribution in [-0.2, 0) is 19.6 Å². The van der Waals surface area contributed by atoms with Crippen LogP contribution in [0.3, 0.4) is 0 Å². The molecule has 0 aromatic carbocycles. The molecule has 1 aliphatic heterocycles. The SMILES string of the molecule is O=C1CCCO1.O=S(=O)(O)C(F)(F)F.[H-].[Na+]. The quantitative estimate of drug-likeness (QED) is 0.232. The maximum absolute atomic E-state index is 10.7. The van der Waals surface area contributed by atoms with Crippen LogP contribution in [0.2, 0.25) is 0 Å². The topological polar surface area (TPSA) is 80.7 Å². The van der Waals surface area contributed by atoms with E-state index in [1.807, 2.05) is 0 Å². The number of cyclic esters (lactones) is 1. The van der Waals surface area contributed by atoms with E-state index in [0.29, 0.717) is 13.0 Å². The van der Waals surface area contributed by atoms with Crippen LogP contribution in [0.4, 0.5) is 13.2 Å². The van der Waals surface area contributed by atoms with Crippen LogP contribution < -0.4 is 29.6 Å². The number of rotatable bonds is 0. The van der Waals surface area contributed by atoms with Crippen LogP contribution in [0.5, 0.6) is 0 Å². The van der Waals surface area contributed by atoms with Gasteiger partial charge in [-0.1, -0.05) is 0 Å². The maximum Gasteiger partial charge on any atom is 1.00 e. The van der Waals surface area contributed by atoms with Crippen LogP contribution >= 0.6 is 0 Å². The van der Waals surface area contributed by atoms with Crippen molar-refractivity contribution in [3.8, 4) is 0 Å². The van der Waals surface area contributed by atoms with Gasteiger partial charge in [0.15, 0.2) is 0 Å². The van der Waals surface area contributed by atoms with Crippen molar-refractivity contribution < 1.29 is 66.7 Å². The van der Waals surface area contributed by atoms with Crippen molar-refractivity contribution >= 4 is 16.1 Å². The second kappa shape index (κ2) is 6.69. The van der Waals surface area contributed by atoms with Gasteiger partial charge in [0.1, 0.15) is 0 Å². The smallest absolute Gasteiger partial charge is 1.00 e. The normalized spacial score (nSPS) is 15.9. The summed E-state index contributed by atoms with van der Waals surface area (Å²) in [4.78, 5) is 10.0. The van der Waals surface area contributed by atoms with E-state index in [1.165, 1.54) is 0 Å². The summed E-state index contributed by atoms with van der Waals surface area (Å²) in [7, 11) is -5.84. The molecule has 10 heteroatoms. The molecule has 0 saturated carbocycles. The zero-order valence-corrected chi connectivity index (χ0v) is 10.6. The first-order chi connectivity index (χ1) is 6.14. The molecular weight excluding hydrogens is 252 g/mol. The predicted octanol–water partition coefficient (Wildman–Crippen LogP) is -2.17. The second-order valence-corrected chi connectivity index (χ2v) is 3.66. The summed E-state index contributed by atoms with van der Waals surface area (Å²) in [5.74, 6) is -0.0463. The van der Waals surface area contributed by atoms with Crippen LogP contribution in [-0.4, -0.2) is 31.1 Å². The molecule has 1 saturated heterocycles. The molecule has 1 heterocycles. The van der Waals surface area contributed by atoms with E-state index in [9.17, 15) is 18.0 Å². The number of carbonyl (C=O) groups is 1. The summed E-state index contributed by atoms with van der Waals surface area (Å²) >= 11 is 0. The van der Waals surface area contributed by atoms with Crippen LogP contribution in [0.1, 0.15) is 14.3 Å². The number of hydrogen-bond donors (Lipinski definition) is 1. The van der Waals surface area contributed by atoms with Gasteiger partial charge in [0.25, 0.3) is 0 Å². The molecule has 1 fully saturated rings. The molecule has 5 nitrogen and oxygen atoms in total. The summed E-state index contributed by atoms with van der Waals surface area (Å²) in [6.45, 7) is 0.638.